The summed E-state index contributed by atoms with van der Waals surface area (Å²) in [5.41, 5.74) is 2.19. The molecule has 0 aliphatic heterocycles. The molecule has 2 rings (SSSR count). The third kappa shape index (κ3) is 4.28. The fourth-order valence-corrected chi connectivity index (χ4v) is 2.69. The molecule has 2 aromatic heterocycles. The van der Waals surface area contributed by atoms with E-state index in [1.807, 2.05) is 12.1 Å². The zero-order valence-corrected chi connectivity index (χ0v) is 14.0. The number of amides is 1. The Balaban J connectivity index is 2.30. The maximum absolute atomic E-state index is 12.6. The Hall–Kier alpha value is -2.43. The number of nitrogens with one attached hydrogen (secondary N) is 2. The second-order valence-corrected chi connectivity index (χ2v) is 6.26. The van der Waals surface area contributed by atoms with E-state index in [9.17, 15) is 9.59 Å². The van der Waals surface area contributed by atoms with E-state index in [-0.39, 0.29) is 22.9 Å². The molecule has 2 aromatic rings. The van der Waals surface area contributed by atoms with Crippen molar-refractivity contribution in [3.63, 3.8) is 0 Å². The molecule has 5 nitrogen and oxygen atoms in total. The monoisotopic (exact) mass is 313 g/mol. The van der Waals surface area contributed by atoms with Gasteiger partial charge in [-0.1, -0.05) is 19.9 Å². The van der Waals surface area contributed by atoms with Crippen LogP contribution in [0.25, 0.3) is 0 Å². The summed E-state index contributed by atoms with van der Waals surface area (Å²) in [5.74, 6) is 0.0520. The van der Waals surface area contributed by atoms with Crippen molar-refractivity contribution in [1.29, 1.82) is 0 Å². The second-order valence-electron chi connectivity index (χ2n) is 6.26. The van der Waals surface area contributed by atoms with Gasteiger partial charge in [-0.25, -0.2) is 0 Å². The Morgan fingerprint density at radius 1 is 1.35 bits per heavy atom. The molecule has 2 heterocycles. The van der Waals surface area contributed by atoms with Gasteiger partial charge in [-0.2, -0.15) is 0 Å². The summed E-state index contributed by atoms with van der Waals surface area (Å²) in [6, 6.07) is 5.06. The molecule has 0 aromatic carbocycles. The van der Waals surface area contributed by atoms with Crippen LogP contribution in [0.3, 0.4) is 0 Å². The lowest BCUT2D eigenvalue weighted by molar-refractivity contribution is 0.0929. The van der Waals surface area contributed by atoms with Crippen LogP contribution >= 0.6 is 0 Å². The highest BCUT2D eigenvalue weighted by Gasteiger charge is 2.20. The molecule has 0 fully saturated rings. The Bertz CT molecular complexity index is 736. The Labute approximate surface area is 136 Å². The van der Waals surface area contributed by atoms with Crippen molar-refractivity contribution in [1.82, 2.24) is 15.3 Å². The molecular weight excluding hydrogens is 290 g/mol. The summed E-state index contributed by atoms with van der Waals surface area (Å²) in [7, 11) is 0. The minimum absolute atomic E-state index is 0.170. The van der Waals surface area contributed by atoms with Gasteiger partial charge in [0.05, 0.1) is 6.04 Å². The van der Waals surface area contributed by atoms with Gasteiger partial charge < -0.3 is 10.3 Å². The van der Waals surface area contributed by atoms with E-state index in [0.717, 1.165) is 17.7 Å². The molecule has 1 amide bonds. The fraction of sp³-hybridized carbons (Fsp3) is 0.389. The smallest absolute Gasteiger partial charge is 0.257 e. The number of aryl methyl sites for hydroxylation is 2. The summed E-state index contributed by atoms with van der Waals surface area (Å²) in [6.07, 6.45) is 4.23. The van der Waals surface area contributed by atoms with Gasteiger partial charge in [-0.05, 0) is 37.8 Å². The van der Waals surface area contributed by atoms with Crippen LogP contribution in [-0.4, -0.2) is 15.9 Å². The number of hydrogen-bond donors (Lipinski definition) is 2. The van der Waals surface area contributed by atoms with Crippen LogP contribution in [0.2, 0.25) is 0 Å². The first-order chi connectivity index (χ1) is 10.9. The number of carbonyl (C=O) groups is 1. The first-order valence-electron chi connectivity index (χ1n) is 7.79. The van der Waals surface area contributed by atoms with Gasteiger partial charge in [0.2, 0.25) is 0 Å². The molecule has 0 radical (unpaired) electrons. The molecule has 5 heteroatoms. The predicted molar refractivity (Wildman–Crippen MR) is 90.4 cm³/mol. The predicted octanol–water partition coefficient (Wildman–Crippen LogP) is 2.90. The first kappa shape index (κ1) is 16.9. The highest BCUT2D eigenvalue weighted by Crippen LogP contribution is 2.21. The molecule has 0 unspecified atom stereocenters. The molecule has 23 heavy (non-hydrogen) atoms. The maximum Gasteiger partial charge on any atom is 0.257 e. The minimum Gasteiger partial charge on any atom is -0.362 e. The highest BCUT2D eigenvalue weighted by atomic mass is 16.2. The molecule has 0 spiro atoms. The summed E-state index contributed by atoms with van der Waals surface area (Å²) in [6.45, 7) is 7.73. The standard InChI is InChI=1S/C18H23N3O2/c1-11(2)8-15(14-6-5-7-19-10-14)21-18(23)17-13(4)20-12(3)9-16(17)22/h5-7,9-11,15H,8H2,1-4H3,(H,20,22)(H,21,23)/t15-/m0/s1. The number of rotatable bonds is 5. The van der Waals surface area contributed by atoms with Crippen LogP contribution in [0.5, 0.6) is 0 Å². The summed E-state index contributed by atoms with van der Waals surface area (Å²) in [4.78, 5) is 31.9. The molecule has 0 aliphatic carbocycles. The third-order valence-corrected chi connectivity index (χ3v) is 3.68. The van der Waals surface area contributed by atoms with E-state index >= 15 is 0 Å². The lowest BCUT2D eigenvalue weighted by atomic mass is 9.97. The average molecular weight is 313 g/mol. The minimum atomic E-state index is -0.349. The van der Waals surface area contributed by atoms with Gasteiger partial charge in [-0.15, -0.1) is 0 Å². The van der Waals surface area contributed by atoms with Gasteiger partial charge in [0, 0.05) is 29.8 Å². The van der Waals surface area contributed by atoms with Crippen molar-refractivity contribution in [2.45, 2.75) is 40.2 Å². The molecule has 0 saturated heterocycles. The number of pyridine rings is 2. The van der Waals surface area contributed by atoms with Crippen molar-refractivity contribution in [2.24, 2.45) is 5.92 Å². The number of aromatic nitrogens is 2. The highest BCUT2D eigenvalue weighted by molar-refractivity contribution is 5.95. The summed E-state index contributed by atoms with van der Waals surface area (Å²) >= 11 is 0. The van der Waals surface area contributed by atoms with Crippen LogP contribution in [0.15, 0.2) is 35.4 Å². The van der Waals surface area contributed by atoms with Crippen LogP contribution in [-0.2, 0) is 0 Å². The van der Waals surface area contributed by atoms with Crippen molar-refractivity contribution in [2.75, 3.05) is 0 Å². The maximum atomic E-state index is 12.6. The molecule has 122 valence electrons. The molecule has 1 atom stereocenters. The summed E-state index contributed by atoms with van der Waals surface area (Å²) < 4.78 is 0. The number of H-pyrrole nitrogens is 1. The Morgan fingerprint density at radius 2 is 2.09 bits per heavy atom. The largest absolute Gasteiger partial charge is 0.362 e. The van der Waals surface area contributed by atoms with Crippen LogP contribution in [0.4, 0.5) is 0 Å². The van der Waals surface area contributed by atoms with Crippen LogP contribution in [0.1, 0.15) is 53.6 Å². The van der Waals surface area contributed by atoms with Gasteiger partial charge in [0.25, 0.3) is 5.91 Å². The topological polar surface area (TPSA) is 74.8 Å². The lowest BCUT2D eigenvalue weighted by Gasteiger charge is -2.21. The second kappa shape index (κ2) is 7.22. The van der Waals surface area contributed by atoms with E-state index in [1.165, 1.54) is 6.07 Å². The van der Waals surface area contributed by atoms with E-state index in [4.69, 9.17) is 0 Å². The van der Waals surface area contributed by atoms with Crippen molar-refractivity contribution in [3.05, 3.63) is 63.3 Å². The summed E-state index contributed by atoms with van der Waals surface area (Å²) in [5, 5.41) is 2.98. The molecule has 2 N–H and O–H groups in total. The van der Waals surface area contributed by atoms with Crippen molar-refractivity contribution >= 4 is 5.91 Å². The number of carbonyl (C=O) groups excluding carboxylic acids is 1. The Kier molecular flexibility index (Phi) is 5.32. The quantitative estimate of drug-likeness (QED) is 0.891. The number of aromatic amines is 1. The molecule has 0 saturated carbocycles. The normalized spacial score (nSPS) is 12.2. The van der Waals surface area contributed by atoms with E-state index in [0.29, 0.717) is 11.6 Å². The van der Waals surface area contributed by atoms with Gasteiger partial charge >= 0.3 is 0 Å². The molecular formula is C18H23N3O2. The van der Waals surface area contributed by atoms with Crippen LogP contribution < -0.4 is 10.7 Å². The van der Waals surface area contributed by atoms with E-state index in [1.54, 1.807) is 26.2 Å². The zero-order valence-electron chi connectivity index (χ0n) is 14.0. The molecule has 0 aliphatic rings. The zero-order chi connectivity index (χ0) is 17.0. The third-order valence-electron chi connectivity index (χ3n) is 3.68. The van der Waals surface area contributed by atoms with Gasteiger partial charge in [0.15, 0.2) is 5.43 Å². The lowest BCUT2D eigenvalue weighted by Crippen LogP contribution is -2.34. The van der Waals surface area contributed by atoms with E-state index < -0.39 is 0 Å². The Morgan fingerprint density at radius 3 is 2.65 bits per heavy atom. The van der Waals surface area contributed by atoms with Gasteiger partial charge in [0.1, 0.15) is 5.56 Å². The number of nitrogens with zero attached hydrogens (tertiary/aromatic N) is 1. The number of hydrogen-bond acceptors (Lipinski definition) is 3. The first-order valence-corrected chi connectivity index (χ1v) is 7.79. The van der Waals surface area contributed by atoms with Crippen molar-refractivity contribution in [3.8, 4) is 0 Å². The van der Waals surface area contributed by atoms with Crippen LogP contribution in [0, 0.1) is 19.8 Å². The molecule has 0 bridgehead atoms. The SMILES string of the molecule is Cc1cc(=O)c(C(=O)N[C@@H](CC(C)C)c2cccnc2)c(C)[nH]1. The van der Waals surface area contributed by atoms with Gasteiger partial charge in [-0.3, -0.25) is 14.6 Å². The van der Waals surface area contributed by atoms with E-state index in [2.05, 4.69) is 29.1 Å². The fourth-order valence-electron chi connectivity index (χ4n) is 2.69. The van der Waals surface area contributed by atoms with Crippen molar-refractivity contribution < 1.29 is 4.79 Å². The average Bonchev–Trinajstić information content (AvgIpc) is 2.46.